The van der Waals surface area contributed by atoms with Crippen LogP contribution in [-0.2, 0) is 0 Å². The van der Waals surface area contributed by atoms with E-state index in [1.807, 2.05) is 49.9 Å². The number of benzene rings is 2. The first kappa shape index (κ1) is 17.1. The molecule has 0 aromatic heterocycles. The number of nitrogens with one attached hydrogen (secondary N) is 1. The number of hydrogen-bond donors (Lipinski definition) is 1. The summed E-state index contributed by atoms with van der Waals surface area (Å²) in [5.41, 5.74) is 1.14. The molecule has 3 heteroatoms. The van der Waals surface area contributed by atoms with Crippen LogP contribution in [0.3, 0.4) is 0 Å². The summed E-state index contributed by atoms with van der Waals surface area (Å²) >= 11 is 0. The van der Waals surface area contributed by atoms with Gasteiger partial charge in [0.1, 0.15) is 0 Å². The molecule has 122 valence electrons. The van der Waals surface area contributed by atoms with Gasteiger partial charge in [-0.05, 0) is 43.5 Å². The summed E-state index contributed by atoms with van der Waals surface area (Å²) in [6.45, 7) is 10.5. The minimum atomic E-state index is -0.0430. The summed E-state index contributed by atoms with van der Waals surface area (Å²) in [6.07, 6.45) is 2.64. The highest BCUT2D eigenvalue weighted by atomic mass is 16.2. The standard InChI is InChI=1S/C20H26N2O/c1-5-6-14-22(15(2)3)20(23)21-16(4)18-13-9-11-17-10-7-8-12-19(17)18/h5,7-13,15-16H,1,6,14H2,2-4H3,(H,21,23). The molecule has 0 heterocycles. The molecule has 0 saturated heterocycles. The molecule has 0 bridgehead atoms. The third kappa shape index (κ3) is 4.13. The SMILES string of the molecule is C=CCCN(C(=O)NC(C)c1cccc2ccccc12)C(C)C. The quantitative estimate of drug-likeness (QED) is 0.756. The van der Waals surface area contributed by atoms with Crippen LogP contribution < -0.4 is 5.32 Å². The van der Waals surface area contributed by atoms with Crippen molar-refractivity contribution < 1.29 is 4.79 Å². The van der Waals surface area contributed by atoms with E-state index in [9.17, 15) is 4.79 Å². The lowest BCUT2D eigenvalue weighted by molar-refractivity contribution is 0.181. The summed E-state index contributed by atoms with van der Waals surface area (Å²) in [4.78, 5) is 14.4. The average molecular weight is 310 g/mol. The number of urea groups is 1. The van der Waals surface area contributed by atoms with Crippen molar-refractivity contribution in [3.8, 4) is 0 Å². The van der Waals surface area contributed by atoms with Gasteiger partial charge in [-0.25, -0.2) is 4.79 Å². The number of nitrogens with zero attached hydrogens (tertiary/aromatic N) is 1. The lowest BCUT2D eigenvalue weighted by Crippen LogP contribution is -2.45. The molecule has 0 aliphatic carbocycles. The molecular formula is C20H26N2O. The molecule has 2 aromatic rings. The fourth-order valence-corrected chi connectivity index (χ4v) is 2.80. The number of carbonyl (C=O) groups is 1. The van der Waals surface area contributed by atoms with Gasteiger partial charge >= 0.3 is 6.03 Å². The largest absolute Gasteiger partial charge is 0.331 e. The number of rotatable bonds is 6. The first-order valence-electron chi connectivity index (χ1n) is 8.20. The Balaban J connectivity index is 2.17. The molecule has 0 aliphatic heterocycles. The lowest BCUT2D eigenvalue weighted by atomic mass is 10.00. The maximum Gasteiger partial charge on any atom is 0.318 e. The number of fused-ring (bicyclic) bond motifs is 1. The van der Waals surface area contributed by atoms with E-state index >= 15 is 0 Å². The Kier molecular flexibility index (Phi) is 5.80. The van der Waals surface area contributed by atoms with Crippen LogP contribution in [0.1, 0.15) is 38.8 Å². The summed E-state index contributed by atoms with van der Waals surface area (Å²) in [5.74, 6) is 0. The number of hydrogen-bond acceptors (Lipinski definition) is 1. The summed E-state index contributed by atoms with van der Waals surface area (Å²) in [7, 11) is 0. The topological polar surface area (TPSA) is 32.3 Å². The van der Waals surface area contributed by atoms with Gasteiger partial charge < -0.3 is 10.2 Å². The van der Waals surface area contributed by atoms with E-state index in [1.165, 1.54) is 10.8 Å². The average Bonchev–Trinajstić information content (AvgIpc) is 2.54. The molecular weight excluding hydrogens is 284 g/mol. The van der Waals surface area contributed by atoms with Crippen molar-refractivity contribution >= 4 is 16.8 Å². The summed E-state index contributed by atoms with van der Waals surface area (Å²) in [5, 5.41) is 5.51. The predicted molar refractivity (Wildman–Crippen MR) is 97.6 cm³/mol. The van der Waals surface area contributed by atoms with Gasteiger partial charge in [-0.3, -0.25) is 0 Å². The van der Waals surface area contributed by atoms with Gasteiger partial charge in [0.25, 0.3) is 0 Å². The summed E-state index contributed by atoms with van der Waals surface area (Å²) < 4.78 is 0. The van der Waals surface area contributed by atoms with Crippen molar-refractivity contribution in [2.24, 2.45) is 0 Å². The zero-order chi connectivity index (χ0) is 16.8. The monoisotopic (exact) mass is 310 g/mol. The Bertz CT molecular complexity index is 673. The van der Waals surface area contributed by atoms with Gasteiger partial charge in [-0.2, -0.15) is 0 Å². The van der Waals surface area contributed by atoms with E-state index in [0.29, 0.717) is 6.54 Å². The van der Waals surface area contributed by atoms with Gasteiger partial charge in [-0.15, -0.1) is 6.58 Å². The zero-order valence-corrected chi connectivity index (χ0v) is 14.3. The first-order chi connectivity index (χ1) is 11.0. The maximum absolute atomic E-state index is 12.6. The van der Waals surface area contributed by atoms with Crippen LogP contribution in [0, 0.1) is 0 Å². The lowest BCUT2D eigenvalue weighted by Gasteiger charge is -2.28. The van der Waals surface area contributed by atoms with Crippen molar-refractivity contribution in [2.75, 3.05) is 6.54 Å². The highest BCUT2D eigenvalue weighted by Gasteiger charge is 2.19. The van der Waals surface area contributed by atoms with Crippen molar-refractivity contribution in [3.05, 3.63) is 60.7 Å². The third-order valence-corrected chi connectivity index (χ3v) is 4.09. The van der Waals surface area contributed by atoms with Crippen molar-refractivity contribution in [3.63, 3.8) is 0 Å². The molecule has 2 rings (SSSR count). The van der Waals surface area contributed by atoms with Crippen LogP contribution in [0.2, 0.25) is 0 Å². The van der Waals surface area contributed by atoms with Gasteiger partial charge in [0.15, 0.2) is 0 Å². The fourth-order valence-electron chi connectivity index (χ4n) is 2.80. The Morgan fingerprint density at radius 1 is 1.17 bits per heavy atom. The zero-order valence-electron chi connectivity index (χ0n) is 14.3. The van der Waals surface area contributed by atoms with E-state index in [2.05, 4.69) is 36.2 Å². The van der Waals surface area contributed by atoms with Crippen LogP contribution in [0.15, 0.2) is 55.1 Å². The highest BCUT2D eigenvalue weighted by Crippen LogP contribution is 2.24. The van der Waals surface area contributed by atoms with Gasteiger partial charge in [0.05, 0.1) is 6.04 Å². The van der Waals surface area contributed by atoms with Crippen molar-refractivity contribution in [2.45, 2.75) is 39.3 Å². The molecule has 0 radical (unpaired) electrons. The molecule has 2 aromatic carbocycles. The molecule has 2 amide bonds. The Morgan fingerprint density at radius 3 is 2.57 bits per heavy atom. The third-order valence-electron chi connectivity index (χ3n) is 4.09. The van der Waals surface area contributed by atoms with Crippen LogP contribution in [0.4, 0.5) is 4.79 Å². The minimum absolute atomic E-state index is 0.0257. The molecule has 1 atom stereocenters. The van der Waals surface area contributed by atoms with Crippen molar-refractivity contribution in [1.82, 2.24) is 10.2 Å². The molecule has 0 spiro atoms. The molecule has 0 saturated carbocycles. The smallest absolute Gasteiger partial charge is 0.318 e. The van der Waals surface area contributed by atoms with Crippen LogP contribution in [0.5, 0.6) is 0 Å². The van der Waals surface area contributed by atoms with Crippen LogP contribution >= 0.6 is 0 Å². The van der Waals surface area contributed by atoms with Gasteiger partial charge in [-0.1, -0.05) is 48.5 Å². The Hall–Kier alpha value is -2.29. The molecule has 0 fully saturated rings. The van der Waals surface area contributed by atoms with Crippen LogP contribution in [-0.4, -0.2) is 23.5 Å². The highest BCUT2D eigenvalue weighted by molar-refractivity contribution is 5.86. The second-order valence-corrected chi connectivity index (χ2v) is 6.10. The molecule has 23 heavy (non-hydrogen) atoms. The second-order valence-electron chi connectivity index (χ2n) is 6.10. The van der Waals surface area contributed by atoms with E-state index < -0.39 is 0 Å². The second kappa shape index (κ2) is 7.82. The van der Waals surface area contributed by atoms with E-state index in [4.69, 9.17) is 0 Å². The van der Waals surface area contributed by atoms with Gasteiger partial charge in [0, 0.05) is 12.6 Å². The molecule has 1 N–H and O–H groups in total. The van der Waals surface area contributed by atoms with Gasteiger partial charge in [0.2, 0.25) is 0 Å². The maximum atomic E-state index is 12.6. The van der Waals surface area contributed by atoms with Crippen LogP contribution in [0.25, 0.3) is 10.8 Å². The molecule has 1 unspecified atom stereocenters. The fraction of sp³-hybridized carbons (Fsp3) is 0.350. The Labute approximate surface area is 139 Å². The Morgan fingerprint density at radius 2 is 1.87 bits per heavy atom. The molecule has 3 nitrogen and oxygen atoms in total. The predicted octanol–water partition coefficient (Wildman–Crippen LogP) is 4.90. The number of amides is 2. The van der Waals surface area contributed by atoms with E-state index in [-0.39, 0.29) is 18.1 Å². The van der Waals surface area contributed by atoms with Crippen molar-refractivity contribution in [1.29, 1.82) is 0 Å². The summed E-state index contributed by atoms with van der Waals surface area (Å²) in [6, 6.07) is 14.6. The number of carbonyl (C=O) groups excluding carboxylic acids is 1. The normalized spacial score (nSPS) is 12.2. The first-order valence-corrected chi connectivity index (χ1v) is 8.20. The molecule has 0 aliphatic rings. The van der Waals surface area contributed by atoms with E-state index in [0.717, 1.165) is 12.0 Å². The van der Waals surface area contributed by atoms with E-state index in [1.54, 1.807) is 0 Å². The minimum Gasteiger partial charge on any atom is -0.331 e.